The van der Waals surface area contributed by atoms with Crippen molar-refractivity contribution >= 4 is 5.95 Å². The van der Waals surface area contributed by atoms with Gasteiger partial charge in [-0.15, -0.1) is 0 Å². The van der Waals surface area contributed by atoms with E-state index in [0.29, 0.717) is 6.04 Å². The average molecular weight is 236 g/mol. The first-order chi connectivity index (χ1) is 8.06. The molecular formula is C13H24N4. The molecule has 0 bridgehead atoms. The Bertz CT molecular complexity index is 349. The van der Waals surface area contributed by atoms with E-state index in [4.69, 9.17) is 0 Å². The van der Waals surface area contributed by atoms with Crippen molar-refractivity contribution in [3.8, 4) is 0 Å². The molecule has 0 saturated carbocycles. The first kappa shape index (κ1) is 13.9. The fourth-order valence-corrected chi connectivity index (χ4v) is 1.45. The van der Waals surface area contributed by atoms with E-state index in [1.54, 1.807) is 0 Å². The standard InChI is InChI=1S/C13H24N4/c1-6-7-14-8-12-9-15-13(16-11(12)4)17(5)10(2)3/h9-10,14H,6-8H2,1-5H3. The van der Waals surface area contributed by atoms with Crippen LogP contribution in [0.25, 0.3) is 0 Å². The minimum Gasteiger partial charge on any atom is -0.341 e. The lowest BCUT2D eigenvalue weighted by molar-refractivity contribution is 0.665. The Balaban J connectivity index is 2.72. The summed E-state index contributed by atoms with van der Waals surface area (Å²) in [7, 11) is 2.02. The molecule has 0 atom stereocenters. The van der Waals surface area contributed by atoms with Crippen LogP contribution in [0.1, 0.15) is 38.4 Å². The number of hydrogen-bond acceptors (Lipinski definition) is 4. The Labute approximate surface area is 104 Å². The summed E-state index contributed by atoms with van der Waals surface area (Å²) in [6, 6.07) is 0.415. The van der Waals surface area contributed by atoms with E-state index in [0.717, 1.165) is 31.2 Å². The molecule has 0 unspecified atom stereocenters. The fraction of sp³-hybridized carbons (Fsp3) is 0.692. The molecule has 1 rings (SSSR count). The number of aryl methyl sites for hydroxylation is 1. The van der Waals surface area contributed by atoms with Crippen LogP contribution in [0.3, 0.4) is 0 Å². The minimum atomic E-state index is 0.415. The third kappa shape index (κ3) is 3.97. The SMILES string of the molecule is CCCNCc1cnc(N(C)C(C)C)nc1C. The van der Waals surface area contributed by atoms with Gasteiger partial charge in [-0.1, -0.05) is 6.92 Å². The molecule has 1 aromatic rings. The van der Waals surface area contributed by atoms with Gasteiger partial charge in [0.25, 0.3) is 0 Å². The lowest BCUT2D eigenvalue weighted by Gasteiger charge is -2.22. The molecule has 4 heteroatoms. The first-order valence-corrected chi connectivity index (χ1v) is 6.32. The Morgan fingerprint density at radius 2 is 2.12 bits per heavy atom. The van der Waals surface area contributed by atoms with Crippen LogP contribution in [0.15, 0.2) is 6.20 Å². The number of aromatic nitrogens is 2. The Hall–Kier alpha value is -1.16. The summed E-state index contributed by atoms with van der Waals surface area (Å²) in [6.45, 7) is 10.4. The van der Waals surface area contributed by atoms with E-state index in [1.165, 1.54) is 5.56 Å². The van der Waals surface area contributed by atoms with Crippen LogP contribution >= 0.6 is 0 Å². The van der Waals surface area contributed by atoms with Gasteiger partial charge in [-0.05, 0) is 33.7 Å². The van der Waals surface area contributed by atoms with E-state index < -0.39 is 0 Å². The van der Waals surface area contributed by atoms with Crippen LogP contribution in [-0.2, 0) is 6.54 Å². The molecule has 0 saturated heterocycles. The molecule has 96 valence electrons. The van der Waals surface area contributed by atoms with E-state index in [2.05, 4.69) is 41.0 Å². The van der Waals surface area contributed by atoms with Crippen molar-refractivity contribution in [1.29, 1.82) is 0 Å². The molecule has 0 aliphatic rings. The second-order valence-corrected chi connectivity index (χ2v) is 4.66. The van der Waals surface area contributed by atoms with Crippen LogP contribution in [-0.4, -0.2) is 29.6 Å². The molecule has 0 radical (unpaired) electrons. The summed E-state index contributed by atoms with van der Waals surface area (Å²) in [5, 5.41) is 3.37. The van der Waals surface area contributed by atoms with Gasteiger partial charge in [0.15, 0.2) is 0 Å². The van der Waals surface area contributed by atoms with Gasteiger partial charge in [0, 0.05) is 37.1 Å². The lowest BCUT2D eigenvalue weighted by atomic mass is 10.2. The zero-order valence-electron chi connectivity index (χ0n) is 11.6. The van der Waals surface area contributed by atoms with Crippen molar-refractivity contribution in [3.63, 3.8) is 0 Å². The van der Waals surface area contributed by atoms with E-state index in [1.807, 2.05) is 20.2 Å². The summed E-state index contributed by atoms with van der Waals surface area (Å²) in [4.78, 5) is 11.0. The highest BCUT2D eigenvalue weighted by molar-refractivity contribution is 5.32. The van der Waals surface area contributed by atoms with Crippen molar-refractivity contribution in [2.75, 3.05) is 18.5 Å². The quantitative estimate of drug-likeness (QED) is 0.768. The molecule has 0 amide bonds. The lowest BCUT2D eigenvalue weighted by Crippen LogP contribution is -2.28. The van der Waals surface area contributed by atoms with Gasteiger partial charge in [-0.25, -0.2) is 9.97 Å². The number of nitrogens with zero attached hydrogens (tertiary/aromatic N) is 3. The van der Waals surface area contributed by atoms with Crippen molar-refractivity contribution in [2.24, 2.45) is 0 Å². The monoisotopic (exact) mass is 236 g/mol. The Morgan fingerprint density at radius 3 is 2.65 bits per heavy atom. The van der Waals surface area contributed by atoms with Gasteiger partial charge >= 0.3 is 0 Å². The van der Waals surface area contributed by atoms with Crippen LogP contribution in [0.2, 0.25) is 0 Å². The summed E-state index contributed by atoms with van der Waals surface area (Å²) in [5.74, 6) is 0.803. The molecule has 1 N–H and O–H groups in total. The Morgan fingerprint density at radius 1 is 1.41 bits per heavy atom. The molecule has 1 aromatic heterocycles. The van der Waals surface area contributed by atoms with Gasteiger partial charge < -0.3 is 10.2 Å². The highest BCUT2D eigenvalue weighted by atomic mass is 15.2. The number of rotatable bonds is 6. The molecule has 0 aliphatic carbocycles. The topological polar surface area (TPSA) is 41.1 Å². The minimum absolute atomic E-state index is 0.415. The molecule has 0 aromatic carbocycles. The van der Waals surface area contributed by atoms with Gasteiger partial charge in [0.1, 0.15) is 0 Å². The number of nitrogens with one attached hydrogen (secondary N) is 1. The second kappa shape index (κ2) is 6.55. The highest BCUT2D eigenvalue weighted by Gasteiger charge is 2.09. The van der Waals surface area contributed by atoms with Crippen LogP contribution in [0.5, 0.6) is 0 Å². The van der Waals surface area contributed by atoms with Gasteiger partial charge in [-0.3, -0.25) is 0 Å². The number of anilines is 1. The zero-order chi connectivity index (χ0) is 12.8. The predicted octanol–water partition coefficient (Wildman–Crippen LogP) is 2.13. The molecule has 0 aliphatic heterocycles. The maximum absolute atomic E-state index is 4.55. The molecular weight excluding hydrogens is 212 g/mol. The Kier molecular flexibility index (Phi) is 5.35. The number of hydrogen-bond donors (Lipinski definition) is 1. The van der Waals surface area contributed by atoms with Gasteiger partial charge in [-0.2, -0.15) is 0 Å². The third-order valence-corrected chi connectivity index (χ3v) is 2.90. The molecule has 0 fully saturated rings. The van der Waals surface area contributed by atoms with E-state index in [-0.39, 0.29) is 0 Å². The maximum atomic E-state index is 4.55. The molecule has 1 heterocycles. The van der Waals surface area contributed by atoms with Gasteiger partial charge in [0.2, 0.25) is 5.95 Å². The summed E-state index contributed by atoms with van der Waals surface area (Å²) in [6.07, 6.45) is 3.08. The highest BCUT2D eigenvalue weighted by Crippen LogP contribution is 2.11. The van der Waals surface area contributed by atoms with Crippen molar-refractivity contribution in [1.82, 2.24) is 15.3 Å². The predicted molar refractivity (Wildman–Crippen MR) is 72.3 cm³/mol. The van der Waals surface area contributed by atoms with Crippen LogP contribution in [0.4, 0.5) is 5.95 Å². The van der Waals surface area contributed by atoms with E-state index >= 15 is 0 Å². The van der Waals surface area contributed by atoms with Crippen LogP contribution < -0.4 is 10.2 Å². The van der Waals surface area contributed by atoms with Crippen molar-refractivity contribution in [2.45, 2.75) is 46.7 Å². The van der Waals surface area contributed by atoms with E-state index in [9.17, 15) is 0 Å². The van der Waals surface area contributed by atoms with Crippen molar-refractivity contribution in [3.05, 3.63) is 17.5 Å². The van der Waals surface area contributed by atoms with Crippen molar-refractivity contribution < 1.29 is 0 Å². The van der Waals surface area contributed by atoms with Crippen LogP contribution in [0, 0.1) is 6.92 Å². The smallest absolute Gasteiger partial charge is 0.225 e. The largest absolute Gasteiger partial charge is 0.341 e. The summed E-state index contributed by atoms with van der Waals surface area (Å²) < 4.78 is 0. The third-order valence-electron chi connectivity index (χ3n) is 2.90. The second-order valence-electron chi connectivity index (χ2n) is 4.66. The molecule has 4 nitrogen and oxygen atoms in total. The molecule has 17 heavy (non-hydrogen) atoms. The normalized spacial score (nSPS) is 10.9. The average Bonchev–Trinajstić information content (AvgIpc) is 2.30. The fourth-order valence-electron chi connectivity index (χ4n) is 1.45. The zero-order valence-corrected chi connectivity index (χ0v) is 11.6. The summed E-state index contributed by atoms with van der Waals surface area (Å²) in [5.41, 5.74) is 2.24. The maximum Gasteiger partial charge on any atom is 0.225 e. The first-order valence-electron chi connectivity index (χ1n) is 6.32. The summed E-state index contributed by atoms with van der Waals surface area (Å²) >= 11 is 0. The van der Waals surface area contributed by atoms with Gasteiger partial charge in [0.05, 0.1) is 0 Å². The molecule has 0 spiro atoms.